The lowest BCUT2D eigenvalue weighted by atomic mass is 9.92. The maximum absolute atomic E-state index is 3.49. The van der Waals surface area contributed by atoms with Gasteiger partial charge in [-0.15, -0.1) is 0 Å². The third-order valence-corrected chi connectivity index (χ3v) is 3.45. The van der Waals surface area contributed by atoms with Crippen LogP contribution in [0.1, 0.15) is 32.1 Å². The summed E-state index contributed by atoms with van der Waals surface area (Å²) >= 11 is 0. The highest BCUT2D eigenvalue weighted by Crippen LogP contribution is 2.27. The van der Waals surface area contributed by atoms with E-state index in [-0.39, 0.29) is 0 Å². The monoisotopic (exact) mass is 168 g/mol. The van der Waals surface area contributed by atoms with Gasteiger partial charge in [0, 0.05) is 19.3 Å². The van der Waals surface area contributed by atoms with Crippen molar-refractivity contribution in [3.8, 4) is 0 Å². The Labute approximate surface area is 75.3 Å². The molecule has 2 rings (SSSR count). The standard InChI is InChI=1S/C10H20N2/c1-12-8-11-7-9-5-3-2-4-6-10(9)12/h9-11H,2-8H2,1H3. The molecule has 12 heavy (non-hydrogen) atoms. The van der Waals surface area contributed by atoms with Gasteiger partial charge in [-0.2, -0.15) is 0 Å². The van der Waals surface area contributed by atoms with Gasteiger partial charge in [0.2, 0.25) is 0 Å². The predicted molar refractivity (Wildman–Crippen MR) is 51.0 cm³/mol. The average Bonchev–Trinajstić information content (AvgIpc) is 2.30. The van der Waals surface area contributed by atoms with Crippen LogP contribution in [-0.2, 0) is 0 Å². The van der Waals surface area contributed by atoms with Gasteiger partial charge >= 0.3 is 0 Å². The van der Waals surface area contributed by atoms with Gasteiger partial charge < -0.3 is 5.32 Å². The Morgan fingerprint density at radius 1 is 1.17 bits per heavy atom. The molecule has 2 atom stereocenters. The highest BCUT2D eigenvalue weighted by molar-refractivity contribution is 4.84. The minimum Gasteiger partial charge on any atom is -0.304 e. The van der Waals surface area contributed by atoms with E-state index in [4.69, 9.17) is 0 Å². The molecule has 2 heteroatoms. The lowest BCUT2D eigenvalue weighted by molar-refractivity contribution is 0.109. The number of nitrogens with one attached hydrogen (secondary N) is 1. The van der Waals surface area contributed by atoms with Crippen LogP contribution in [0.5, 0.6) is 0 Å². The summed E-state index contributed by atoms with van der Waals surface area (Å²) in [7, 11) is 2.26. The van der Waals surface area contributed by atoms with Crippen molar-refractivity contribution in [3.63, 3.8) is 0 Å². The zero-order valence-electron chi connectivity index (χ0n) is 8.05. The number of rotatable bonds is 0. The van der Waals surface area contributed by atoms with E-state index in [0.717, 1.165) is 18.6 Å². The van der Waals surface area contributed by atoms with E-state index in [9.17, 15) is 0 Å². The van der Waals surface area contributed by atoms with Gasteiger partial charge in [0.1, 0.15) is 0 Å². The molecule has 70 valence electrons. The maximum atomic E-state index is 3.49. The van der Waals surface area contributed by atoms with Gasteiger partial charge in [-0.05, 0) is 25.8 Å². The Morgan fingerprint density at radius 3 is 2.92 bits per heavy atom. The molecule has 2 nitrogen and oxygen atoms in total. The van der Waals surface area contributed by atoms with Gasteiger partial charge in [0.25, 0.3) is 0 Å². The van der Waals surface area contributed by atoms with Crippen molar-refractivity contribution in [2.24, 2.45) is 5.92 Å². The molecule has 2 fully saturated rings. The molecule has 1 aliphatic carbocycles. The van der Waals surface area contributed by atoms with Crippen molar-refractivity contribution < 1.29 is 0 Å². The molecule has 1 saturated carbocycles. The number of hydrogen-bond donors (Lipinski definition) is 1. The quantitative estimate of drug-likeness (QED) is 0.588. The second-order valence-corrected chi connectivity index (χ2v) is 4.33. The summed E-state index contributed by atoms with van der Waals surface area (Å²) < 4.78 is 0. The zero-order chi connectivity index (χ0) is 8.39. The van der Waals surface area contributed by atoms with Crippen molar-refractivity contribution in [2.45, 2.75) is 38.1 Å². The van der Waals surface area contributed by atoms with Crippen LogP contribution in [0.2, 0.25) is 0 Å². The number of fused-ring (bicyclic) bond motifs is 1. The second-order valence-electron chi connectivity index (χ2n) is 4.33. The van der Waals surface area contributed by atoms with Crippen molar-refractivity contribution in [1.29, 1.82) is 0 Å². The second kappa shape index (κ2) is 3.75. The van der Waals surface area contributed by atoms with E-state index < -0.39 is 0 Å². The molecule has 0 aromatic heterocycles. The molecule has 1 N–H and O–H groups in total. The van der Waals surface area contributed by atoms with E-state index in [1.807, 2.05) is 0 Å². The molecule has 1 saturated heterocycles. The summed E-state index contributed by atoms with van der Waals surface area (Å²) in [4.78, 5) is 2.50. The van der Waals surface area contributed by atoms with Gasteiger partial charge in [0.15, 0.2) is 0 Å². The van der Waals surface area contributed by atoms with Crippen LogP contribution >= 0.6 is 0 Å². The molecule has 0 aromatic rings. The molecular weight excluding hydrogens is 148 g/mol. The smallest absolute Gasteiger partial charge is 0.0480 e. The van der Waals surface area contributed by atoms with Crippen LogP contribution in [0.25, 0.3) is 0 Å². The Morgan fingerprint density at radius 2 is 2.00 bits per heavy atom. The largest absolute Gasteiger partial charge is 0.304 e. The van der Waals surface area contributed by atoms with Gasteiger partial charge in [-0.3, -0.25) is 4.90 Å². The van der Waals surface area contributed by atoms with E-state index in [2.05, 4.69) is 17.3 Å². The van der Waals surface area contributed by atoms with Crippen molar-refractivity contribution in [2.75, 3.05) is 20.3 Å². The fourth-order valence-corrected chi connectivity index (χ4v) is 2.73. The Bertz CT molecular complexity index is 147. The Hall–Kier alpha value is -0.0800. The van der Waals surface area contributed by atoms with Crippen LogP contribution in [0.15, 0.2) is 0 Å². The number of nitrogens with zero attached hydrogens (tertiary/aromatic N) is 1. The topological polar surface area (TPSA) is 15.3 Å². The molecule has 0 spiro atoms. The first kappa shape index (κ1) is 8.52. The summed E-state index contributed by atoms with van der Waals surface area (Å²) in [5, 5.41) is 3.49. The minimum absolute atomic E-state index is 0.883. The molecular formula is C10H20N2. The molecule has 0 amide bonds. The Balaban J connectivity index is 2.00. The molecule has 0 bridgehead atoms. The van der Waals surface area contributed by atoms with Gasteiger partial charge in [-0.25, -0.2) is 0 Å². The lowest BCUT2D eigenvalue weighted by Crippen LogP contribution is -2.51. The predicted octanol–water partition coefficient (Wildman–Crippen LogP) is 1.43. The first-order valence-electron chi connectivity index (χ1n) is 5.29. The fourth-order valence-electron chi connectivity index (χ4n) is 2.73. The third-order valence-electron chi connectivity index (χ3n) is 3.45. The van der Waals surface area contributed by atoms with Crippen molar-refractivity contribution in [1.82, 2.24) is 10.2 Å². The first-order valence-corrected chi connectivity index (χ1v) is 5.29. The highest BCUT2D eigenvalue weighted by atomic mass is 15.3. The number of hydrogen-bond acceptors (Lipinski definition) is 2. The molecule has 0 aromatic carbocycles. The SMILES string of the molecule is CN1CNCC2CCCCCC21. The van der Waals surface area contributed by atoms with Crippen LogP contribution < -0.4 is 5.32 Å². The van der Waals surface area contributed by atoms with Crippen molar-refractivity contribution in [3.05, 3.63) is 0 Å². The molecule has 1 heterocycles. The summed E-state index contributed by atoms with van der Waals surface area (Å²) in [5.74, 6) is 0.936. The van der Waals surface area contributed by atoms with E-state index in [1.54, 1.807) is 0 Å². The van der Waals surface area contributed by atoms with Crippen LogP contribution in [0.3, 0.4) is 0 Å². The molecule has 2 unspecified atom stereocenters. The summed E-state index contributed by atoms with van der Waals surface area (Å²) in [6.45, 7) is 2.36. The zero-order valence-corrected chi connectivity index (χ0v) is 8.05. The van der Waals surface area contributed by atoms with E-state index >= 15 is 0 Å². The Kier molecular flexibility index (Phi) is 2.66. The molecule has 0 radical (unpaired) electrons. The summed E-state index contributed by atoms with van der Waals surface area (Å²) in [6.07, 6.45) is 7.24. The van der Waals surface area contributed by atoms with Crippen LogP contribution in [0.4, 0.5) is 0 Å². The molecule has 2 aliphatic rings. The third kappa shape index (κ3) is 1.64. The lowest BCUT2D eigenvalue weighted by Gasteiger charge is -2.38. The van der Waals surface area contributed by atoms with Crippen molar-refractivity contribution >= 4 is 0 Å². The first-order chi connectivity index (χ1) is 5.88. The fraction of sp³-hybridized carbons (Fsp3) is 1.00. The minimum atomic E-state index is 0.883. The summed E-state index contributed by atoms with van der Waals surface area (Å²) in [6, 6.07) is 0.883. The van der Waals surface area contributed by atoms with Crippen LogP contribution in [-0.4, -0.2) is 31.2 Å². The molecule has 1 aliphatic heterocycles. The summed E-state index contributed by atoms with van der Waals surface area (Å²) in [5.41, 5.74) is 0. The maximum Gasteiger partial charge on any atom is 0.0480 e. The van der Waals surface area contributed by atoms with Gasteiger partial charge in [-0.1, -0.05) is 19.3 Å². The van der Waals surface area contributed by atoms with E-state index in [0.29, 0.717) is 0 Å². The van der Waals surface area contributed by atoms with Crippen LogP contribution in [0, 0.1) is 5.92 Å². The normalized spacial score (nSPS) is 38.8. The highest BCUT2D eigenvalue weighted by Gasteiger charge is 2.29. The van der Waals surface area contributed by atoms with Gasteiger partial charge in [0.05, 0.1) is 0 Å². The average molecular weight is 168 g/mol. The van der Waals surface area contributed by atoms with E-state index in [1.165, 1.54) is 38.6 Å².